The summed E-state index contributed by atoms with van der Waals surface area (Å²) < 4.78 is 2.20. The molecule has 0 aromatic heterocycles. The first-order valence-electron chi connectivity index (χ1n) is 5.18. The average Bonchev–Trinajstić information content (AvgIpc) is 2.18. The van der Waals surface area contributed by atoms with Crippen molar-refractivity contribution in [1.82, 2.24) is 0 Å². The number of benzene rings is 1. The van der Waals surface area contributed by atoms with Gasteiger partial charge in [-0.2, -0.15) is 0 Å². The van der Waals surface area contributed by atoms with Gasteiger partial charge in [-0.25, -0.2) is 0 Å². The fourth-order valence-corrected chi connectivity index (χ4v) is 3.85. The Hall–Kier alpha value is 0.140. The van der Waals surface area contributed by atoms with E-state index in [0.717, 1.165) is 27.4 Å². The monoisotopic (exact) mass is 332 g/mol. The molecule has 1 aliphatic rings. The Morgan fingerprint density at radius 1 is 1.27 bits per heavy atom. The van der Waals surface area contributed by atoms with Gasteiger partial charge in [-0.05, 0) is 48.4 Å². The number of aliphatic hydroxyl groups excluding tert-OH is 1. The molecule has 0 spiro atoms. The van der Waals surface area contributed by atoms with Gasteiger partial charge < -0.3 is 5.11 Å². The Balaban J connectivity index is 2.71. The van der Waals surface area contributed by atoms with Crippen molar-refractivity contribution < 1.29 is 5.11 Å². The van der Waals surface area contributed by atoms with Crippen molar-refractivity contribution in [1.29, 1.82) is 0 Å². The van der Waals surface area contributed by atoms with Crippen LogP contribution in [0.4, 0.5) is 0 Å². The van der Waals surface area contributed by atoms with Crippen molar-refractivity contribution in [2.75, 3.05) is 0 Å². The molecule has 1 aliphatic carbocycles. The molecule has 15 heavy (non-hydrogen) atoms. The van der Waals surface area contributed by atoms with Crippen molar-refractivity contribution in [2.45, 2.75) is 38.7 Å². The van der Waals surface area contributed by atoms with E-state index in [2.05, 4.69) is 51.8 Å². The van der Waals surface area contributed by atoms with Gasteiger partial charge >= 0.3 is 0 Å². The van der Waals surface area contributed by atoms with Gasteiger partial charge in [-0.3, -0.25) is 0 Å². The molecule has 0 bridgehead atoms. The van der Waals surface area contributed by atoms with Crippen molar-refractivity contribution >= 4 is 31.9 Å². The Morgan fingerprint density at radius 2 is 1.93 bits per heavy atom. The first-order valence-corrected chi connectivity index (χ1v) is 6.77. The first-order chi connectivity index (χ1) is 7.02. The molecular weight excluding hydrogens is 320 g/mol. The second-order valence-corrected chi connectivity index (χ2v) is 5.96. The lowest BCUT2D eigenvalue weighted by atomic mass is 9.81. The summed E-state index contributed by atoms with van der Waals surface area (Å²) >= 11 is 7.19. The average molecular weight is 334 g/mol. The smallest absolute Gasteiger partial charge is 0.0804 e. The van der Waals surface area contributed by atoms with E-state index in [1.165, 1.54) is 11.1 Å². The number of aliphatic hydroxyl groups is 1. The third-order valence-corrected chi connectivity index (χ3v) is 4.88. The third-order valence-electron chi connectivity index (χ3n) is 3.17. The van der Waals surface area contributed by atoms with Crippen LogP contribution in [0.15, 0.2) is 15.0 Å². The maximum absolute atomic E-state index is 10.1. The van der Waals surface area contributed by atoms with Crippen LogP contribution in [0, 0.1) is 6.92 Å². The predicted molar refractivity (Wildman–Crippen MR) is 69.2 cm³/mol. The maximum Gasteiger partial charge on any atom is 0.0804 e. The normalized spacial score (nSPS) is 25.1. The van der Waals surface area contributed by atoms with Gasteiger partial charge in [-0.15, -0.1) is 0 Å². The molecule has 0 radical (unpaired) electrons. The summed E-state index contributed by atoms with van der Waals surface area (Å²) in [5, 5.41) is 10.1. The van der Waals surface area contributed by atoms with Crippen LogP contribution in [0.1, 0.15) is 48.5 Å². The molecule has 0 saturated heterocycles. The minimum atomic E-state index is -0.318. The topological polar surface area (TPSA) is 20.2 Å². The van der Waals surface area contributed by atoms with E-state index in [1.54, 1.807) is 0 Å². The number of aryl methyl sites for hydroxylation is 1. The van der Waals surface area contributed by atoms with E-state index >= 15 is 0 Å². The van der Waals surface area contributed by atoms with Gasteiger partial charge in [0.25, 0.3) is 0 Å². The van der Waals surface area contributed by atoms with Gasteiger partial charge in [0.15, 0.2) is 0 Å². The van der Waals surface area contributed by atoms with Gasteiger partial charge in [0, 0.05) is 8.95 Å². The molecule has 0 saturated carbocycles. The second-order valence-electron chi connectivity index (χ2n) is 4.31. The van der Waals surface area contributed by atoms with E-state index < -0.39 is 0 Å². The van der Waals surface area contributed by atoms with Gasteiger partial charge in [0.2, 0.25) is 0 Å². The summed E-state index contributed by atoms with van der Waals surface area (Å²) in [6.45, 7) is 4.28. The summed E-state index contributed by atoms with van der Waals surface area (Å²) in [6.07, 6.45) is 1.60. The van der Waals surface area contributed by atoms with Crippen molar-refractivity contribution in [3.05, 3.63) is 31.7 Å². The Bertz CT molecular complexity index is 401. The van der Waals surface area contributed by atoms with E-state index in [9.17, 15) is 5.11 Å². The lowest BCUT2D eigenvalue weighted by Crippen LogP contribution is -2.14. The molecule has 0 amide bonds. The third kappa shape index (κ3) is 1.90. The second kappa shape index (κ2) is 4.19. The van der Waals surface area contributed by atoms with Gasteiger partial charge in [0.05, 0.1) is 6.10 Å². The first kappa shape index (κ1) is 11.6. The zero-order chi connectivity index (χ0) is 11.2. The highest BCUT2D eigenvalue weighted by atomic mass is 79.9. The highest BCUT2D eigenvalue weighted by Crippen LogP contribution is 2.45. The molecule has 1 nitrogen and oxygen atoms in total. The number of halogens is 2. The highest BCUT2D eigenvalue weighted by molar-refractivity contribution is 9.11. The van der Waals surface area contributed by atoms with Crippen LogP contribution in [-0.2, 0) is 0 Å². The zero-order valence-corrected chi connectivity index (χ0v) is 12.0. The Labute approximate surface area is 107 Å². The fraction of sp³-hybridized carbons (Fsp3) is 0.500. The zero-order valence-electron chi connectivity index (χ0n) is 8.85. The molecule has 2 unspecified atom stereocenters. The number of hydrogen-bond acceptors (Lipinski definition) is 1. The molecule has 0 heterocycles. The largest absolute Gasteiger partial charge is 0.388 e. The molecule has 3 heteroatoms. The Morgan fingerprint density at radius 3 is 2.60 bits per heavy atom. The van der Waals surface area contributed by atoms with Crippen LogP contribution in [0.25, 0.3) is 0 Å². The molecule has 2 rings (SSSR count). The number of hydrogen-bond donors (Lipinski definition) is 1. The van der Waals surface area contributed by atoms with Crippen LogP contribution in [0.2, 0.25) is 0 Å². The molecule has 82 valence electrons. The minimum Gasteiger partial charge on any atom is -0.388 e. The van der Waals surface area contributed by atoms with Crippen LogP contribution < -0.4 is 0 Å². The van der Waals surface area contributed by atoms with Crippen molar-refractivity contribution in [3.63, 3.8) is 0 Å². The van der Waals surface area contributed by atoms with E-state index in [1.807, 2.05) is 0 Å². The number of fused-ring (bicyclic) bond motifs is 1. The lowest BCUT2D eigenvalue weighted by molar-refractivity contribution is 0.150. The minimum absolute atomic E-state index is 0.318. The van der Waals surface area contributed by atoms with Gasteiger partial charge in [-0.1, -0.05) is 38.8 Å². The number of rotatable bonds is 0. The molecule has 0 aliphatic heterocycles. The molecule has 0 fully saturated rings. The molecule has 1 aromatic rings. The van der Waals surface area contributed by atoms with Crippen LogP contribution >= 0.6 is 31.9 Å². The van der Waals surface area contributed by atoms with Crippen molar-refractivity contribution in [3.8, 4) is 0 Å². The van der Waals surface area contributed by atoms with Crippen molar-refractivity contribution in [2.24, 2.45) is 0 Å². The Kier molecular flexibility index (Phi) is 3.25. The summed E-state index contributed by atoms with van der Waals surface area (Å²) in [5.41, 5.74) is 3.53. The predicted octanol–water partition coefficient (Wildman–Crippen LogP) is 4.45. The van der Waals surface area contributed by atoms with Crippen LogP contribution in [0.5, 0.6) is 0 Å². The lowest BCUT2D eigenvalue weighted by Gasteiger charge is -2.29. The summed E-state index contributed by atoms with van der Waals surface area (Å²) in [4.78, 5) is 0. The SMILES string of the molecule is Cc1cc(Br)c2c(c1Br)C(O)CCC2C. The van der Waals surface area contributed by atoms with Crippen LogP contribution in [-0.4, -0.2) is 5.11 Å². The standard InChI is InChI=1S/C12H14Br2O/c1-6-3-4-9(15)11-10(6)8(13)5-7(2)12(11)14/h5-6,9,15H,3-4H2,1-2H3. The van der Waals surface area contributed by atoms with E-state index in [0.29, 0.717) is 5.92 Å². The molecule has 1 aromatic carbocycles. The molecule has 2 atom stereocenters. The van der Waals surface area contributed by atoms with Gasteiger partial charge in [0.1, 0.15) is 0 Å². The highest BCUT2D eigenvalue weighted by Gasteiger charge is 2.28. The quantitative estimate of drug-likeness (QED) is 0.743. The fourth-order valence-electron chi connectivity index (χ4n) is 2.31. The molecular formula is C12H14Br2O. The summed E-state index contributed by atoms with van der Waals surface area (Å²) in [5.74, 6) is 0.523. The molecule has 1 N–H and O–H groups in total. The summed E-state index contributed by atoms with van der Waals surface area (Å²) in [6, 6.07) is 2.12. The van der Waals surface area contributed by atoms with Crippen LogP contribution in [0.3, 0.4) is 0 Å². The maximum atomic E-state index is 10.1. The summed E-state index contributed by atoms with van der Waals surface area (Å²) in [7, 11) is 0. The van der Waals surface area contributed by atoms with E-state index in [-0.39, 0.29) is 6.10 Å². The van der Waals surface area contributed by atoms with E-state index in [4.69, 9.17) is 0 Å².